The minimum absolute atomic E-state index is 0.105. The molecule has 1 aliphatic rings. The molecule has 1 fully saturated rings. The number of aryl methyl sites for hydroxylation is 1. The number of carbonyl (C=O) groups is 1. The number of nitro groups is 1. The molecule has 1 aliphatic heterocycles. The summed E-state index contributed by atoms with van der Waals surface area (Å²) in [6.07, 6.45) is 4.69. The molecule has 0 radical (unpaired) electrons. The van der Waals surface area contributed by atoms with Crippen LogP contribution in [0.3, 0.4) is 0 Å². The van der Waals surface area contributed by atoms with E-state index in [9.17, 15) is 19.3 Å². The molecular formula is C21H21FN6O3S. The maximum Gasteiger partial charge on any atom is 0.284 e. The van der Waals surface area contributed by atoms with Crippen molar-refractivity contribution in [2.45, 2.75) is 29.3 Å². The van der Waals surface area contributed by atoms with Gasteiger partial charge in [0.1, 0.15) is 12.1 Å². The smallest absolute Gasteiger partial charge is 0.284 e. The predicted octanol–water partition coefficient (Wildman–Crippen LogP) is 4.26. The van der Waals surface area contributed by atoms with Crippen molar-refractivity contribution in [3.63, 3.8) is 0 Å². The van der Waals surface area contributed by atoms with Crippen molar-refractivity contribution in [2.75, 3.05) is 23.3 Å². The van der Waals surface area contributed by atoms with Crippen LogP contribution in [0.2, 0.25) is 0 Å². The Balaban J connectivity index is 1.60. The normalized spacial score (nSPS) is 13.8. The summed E-state index contributed by atoms with van der Waals surface area (Å²) < 4.78 is 15.6. The first-order valence-electron chi connectivity index (χ1n) is 10.1. The summed E-state index contributed by atoms with van der Waals surface area (Å²) in [7, 11) is 1.73. The zero-order valence-corrected chi connectivity index (χ0v) is 18.1. The van der Waals surface area contributed by atoms with Gasteiger partial charge in [-0.15, -0.1) is 10.2 Å². The van der Waals surface area contributed by atoms with E-state index >= 15 is 0 Å². The Morgan fingerprint density at radius 3 is 2.66 bits per heavy atom. The van der Waals surface area contributed by atoms with Crippen LogP contribution in [0, 0.1) is 15.9 Å². The van der Waals surface area contributed by atoms with Crippen LogP contribution in [0.15, 0.2) is 52.8 Å². The number of hydrogen-bond donors (Lipinski definition) is 1. The molecule has 0 unspecified atom stereocenters. The lowest BCUT2D eigenvalue weighted by atomic mass is 10.1. The molecule has 11 heteroatoms. The van der Waals surface area contributed by atoms with Crippen LogP contribution in [-0.2, 0) is 7.05 Å². The summed E-state index contributed by atoms with van der Waals surface area (Å²) in [5.41, 5.74) is 0.967. The Labute approximate surface area is 187 Å². The Hall–Kier alpha value is -3.47. The van der Waals surface area contributed by atoms with Crippen molar-refractivity contribution in [2.24, 2.45) is 7.05 Å². The zero-order chi connectivity index (χ0) is 22.7. The van der Waals surface area contributed by atoms with Crippen molar-refractivity contribution in [1.82, 2.24) is 14.8 Å². The molecule has 1 amide bonds. The second-order valence-electron chi connectivity index (χ2n) is 7.43. The van der Waals surface area contributed by atoms with Crippen molar-refractivity contribution < 1.29 is 14.1 Å². The number of piperidine rings is 1. The van der Waals surface area contributed by atoms with Crippen molar-refractivity contribution in [1.29, 1.82) is 0 Å². The maximum absolute atomic E-state index is 13.9. The van der Waals surface area contributed by atoms with Gasteiger partial charge in [0.25, 0.3) is 11.6 Å². The minimum atomic E-state index is -0.549. The fourth-order valence-electron chi connectivity index (χ4n) is 3.56. The Morgan fingerprint density at radius 2 is 1.97 bits per heavy atom. The van der Waals surface area contributed by atoms with Gasteiger partial charge < -0.3 is 14.8 Å². The molecule has 1 N–H and O–H groups in total. The predicted molar refractivity (Wildman–Crippen MR) is 119 cm³/mol. The first kappa shape index (κ1) is 21.8. The number of rotatable bonds is 6. The fraction of sp³-hybridized carbons (Fsp3) is 0.286. The Bertz CT molecular complexity index is 1160. The molecule has 0 spiro atoms. The van der Waals surface area contributed by atoms with Crippen LogP contribution in [0.1, 0.15) is 29.6 Å². The van der Waals surface area contributed by atoms with Gasteiger partial charge in [-0.3, -0.25) is 14.9 Å². The number of aromatic nitrogens is 3. The lowest BCUT2D eigenvalue weighted by molar-refractivity contribution is -0.387. The van der Waals surface area contributed by atoms with E-state index in [4.69, 9.17) is 0 Å². The molecule has 4 rings (SSSR count). The first-order valence-corrected chi connectivity index (χ1v) is 10.9. The largest absolute Gasteiger partial charge is 0.370 e. The zero-order valence-electron chi connectivity index (χ0n) is 17.3. The maximum atomic E-state index is 13.9. The summed E-state index contributed by atoms with van der Waals surface area (Å²) in [5, 5.41) is 22.5. The molecule has 0 saturated carbocycles. The number of amides is 1. The summed E-state index contributed by atoms with van der Waals surface area (Å²) >= 11 is 1.08. The summed E-state index contributed by atoms with van der Waals surface area (Å²) in [6, 6.07) is 8.51. The highest BCUT2D eigenvalue weighted by atomic mass is 32.2. The van der Waals surface area contributed by atoms with Crippen LogP contribution in [0.4, 0.5) is 21.5 Å². The molecule has 0 aliphatic carbocycles. The van der Waals surface area contributed by atoms with Crippen molar-refractivity contribution in [3.8, 4) is 0 Å². The highest BCUT2D eigenvalue weighted by Crippen LogP contribution is 2.35. The fourth-order valence-corrected chi connectivity index (χ4v) is 4.41. The minimum Gasteiger partial charge on any atom is -0.370 e. The first-order chi connectivity index (χ1) is 15.4. The van der Waals surface area contributed by atoms with E-state index in [1.54, 1.807) is 17.7 Å². The number of nitro benzene ring substituents is 1. The van der Waals surface area contributed by atoms with E-state index in [-0.39, 0.29) is 11.3 Å². The van der Waals surface area contributed by atoms with E-state index in [2.05, 4.69) is 20.4 Å². The van der Waals surface area contributed by atoms with Crippen LogP contribution < -0.4 is 10.2 Å². The molecule has 1 saturated heterocycles. The molecule has 2 aromatic carbocycles. The van der Waals surface area contributed by atoms with E-state index < -0.39 is 16.6 Å². The van der Waals surface area contributed by atoms with Crippen molar-refractivity contribution >= 4 is 34.7 Å². The molecule has 32 heavy (non-hydrogen) atoms. The third kappa shape index (κ3) is 4.72. The van der Waals surface area contributed by atoms with E-state index in [0.29, 0.717) is 15.7 Å². The summed E-state index contributed by atoms with van der Waals surface area (Å²) in [6.45, 7) is 1.65. The molecule has 9 nitrogen and oxygen atoms in total. The average molecular weight is 457 g/mol. The quantitative estimate of drug-likeness (QED) is 0.436. The van der Waals surface area contributed by atoms with Crippen LogP contribution in [0.25, 0.3) is 0 Å². The molecular weight excluding hydrogens is 435 g/mol. The van der Waals surface area contributed by atoms with Gasteiger partial charge in [-0.05, 0) is 61.4 Å². The molecule has 166 valence electrons. The van der Waals surface area contributed by atoms with Crippen LogP contribution >= 0.6 is 11.8 Å². The number of halogens is 1. The highest BCUT2D eigenvalue weighted by molar-refractivity contribution is 7.99. The van der Waals surface area contributed by atoms with Gasteiger partial charge >= 0.3 is 0 Å². The van der Waals surface area contributed by atoms with Crippen LogP contribution in [-0.4, -0.2) is 38.7 Å². The molecule has 3 aromatic rings. The second-order valence-corrected chi connectivity index (χ2v) is 8.44. The Kier molecular flexibility index (Phi) is 6.35. The van der Waals surface area contributed by atoms with E-state index in [1.807, 2.05) is 0 Å². The lowest BCUT2D eigenvalue weighted by Gasteiger charge is -2.30. The number of benzene rings is 2. The van der Waals surface area contributed by atoms with E-state index in [1.165, 1.54) is 36.7 Å². The van der Waals surface area contributed by atoms with Gasteiger partial charge in [0, 0.05) is 31.8 Å². The van der Waals surface area contributed by atoms with Crippen molar-refractivity contribution in [3.05, 3.63) is 64.2 Å². The monoisotopic (exact) mass is 456 g/mol. The number of nitrogens with zero attached hydrogens (tertiary/aromatic N) is 5. The molecule has 0 bridgehead atoms. The number of carbonyl (C=O) groups excluding carboxylic acids is 1. The van der Waals surface area contributed by atoms with Crippen LogP contribution in [0.5, 0.6) is 0 Å². The van der Waals surface area contributed by atoms with Gasteiger partial charge in [0.15, 0.2) is 5.16 Å². The lowest BCUT2D eigenvalue weighted by Crippen LogP contribution is -2.30. The topological polar surface area (TPSA) is 106 Å². The second kappa shape index (κ2) is 9.35. The highest BCUT2D eigenvalue weighted by Gasteiger charge is 2.22. The molecule has 2 heterocycles. The third-order valence-corrected chi connectivity index (χ3v) is 6.31. The number of anilines is 2. The average Bonchev–Trinajstić information content (AvgIpc) is 3.19. The van der Waals surface area contributed by atoms with Gasteiger partial charge in [0.05, 0.1) is 21.2 Å². The standard InChI is InChI=1S/C21H21FN6O3S/c1-26-13-23-25-21(26)32-19-8-5-14(11-18(19)28(30)31)20(29)24-16-12-15(22)6-7-17(16)27-9-3-2-4-10-27/h5-8,11-13H,2-4,9-10H2,1H3,(H,24,29). The number of hydrogen-bond acceptors (Lipinski definition) is 7. The Morgan fingerprint density at radius 1 is 1.19 bits per heavy atom. The third-order valence-electron chi connectivity index (χ3n) is 5.19. The summed E-state index contributed by atoms with van der Waals surface area (Å²) in [4.78, 5) is 26.4. The summed E-state index contributed by atoms with van der Waals surface area (Å²) in [5.74, 6) is -1.02. The molecule has 0 atom stereocenters. The van der Waals surface area contributed by atoms with E-state index in [0.717, 1.165) is 49.8 Å². The molecule has 1 aromatic heterocycles. The SMILES string of the molecule is Cn1cnnc1Sc1ccc(C(=O)Nc2cc(F)ccc2N2CCCCC2)cc1[N+](=O)[O-]. The van der Waals surface area contributed by atoms with Gasteiger partial charge in [-0.1, -0.05) is 0 Å². The van der Waals surface area contributed by atoms with Gasteiger partial charge in [0.2, 0.25) is 0 Å². The number of nitrogens with one attached hydrogen (secondary N) is 1. The van der Waals surface area contributed by atoms with Gasteiger partial charge in [-0.25, -0.2) is 4.39 Å². The van der Waals surface area contributed by atoms with Gasteiger partial charge in [-0.2, -0.15) is 0 Å².